The van der Waals surface area contributed by atoms with E-state index in [1.54, 1.807) is 12.1 Å². The third kappa shape index (κ3) is 2.40. The second kappa shape index (κ2) is 5.54. The molecule has 0 aliphatic carbocycles. The summed E-state index contributed by atoms with van der Waals surface area (Å²) in [4.78, 5) is 23.0. The molecule has 2 aromatic rings. The number of hydrogen-bond acceptors (Lipinski definition) is 4. The number of rotatable bonds is 1. The van der Waals surface area contributed by atoms with Gasteiger partial charge < -0.3 is 14.9 Å². The molecule has 1 aromatic carbocycles. The predicted molar refractivity (Wildman–Crippen MR) is 90.7 cm³/mol. The third-order valence-corrected chi connectivity index (χ3v) is 5.73. The van der Waals surface area contributed by atoms with Gasteiger partial charge in [0.05, 0.1) is 15.4 Å². The Kier molecular flexibility index (Phi) is 3.59. The van der Waals surface area contributed by atoms with E-state index in [4.69, 9.17) is 5.11 Å². The summed E-state index contributed by atoms with van der Waals surface area (Å²) < 4.78 is 14.9. The maximum absolute atomic E-state index is 14.5. The quantitative estimate of drug-likeness (QED) is 0.804. The van der Waals surface area contributed by atoms with Crippen LogP contribution in [-0.2, 0) is 0 Å². The summed E-state index contributed by atoms with van der Waals surface area (Å²) in [5.41, 5.74) is 0.702. The van der Waals surface area contributed by atoms with Crippen LogP contribution in [0.5, 0.6) is 0 Å². The van der Waals surface area contributed by atoms with Crippen molar-refractivity contribution in [2.24, 2.45) is 5.41 Å². The Labute approximate surface area is 146 Å². The van der Waals surface area contributed by atoms with Crippen molar-refractivity contribution in [3.05, 3.63) is 28.7 Å². The highest BCUT2D eigenvalue weighted by Crippen LogP contribution is 2.44. The summed E-state index contributed by atoms with van der Waals surface area (Å²) in [6.45, 7) is 2.68. The van der Waals surface area contributed by atoms with E-state index < -0.39 is 6.09 Å². The van der Waals surface area contributed by atoms with Crippen LogP contribution in [0.4, 0.5) is 15.0 Å². The number of aromatic nitrogens is 2. The van der Waals surface area contributed by atoms with Gasteiger partial charge in [-0.25, -0.2) is 19.2 Å². The lowest BCUT2D eigenvalue weighted by atomic mass is 9.72. The Morgan fingerprint density at radius 2 is 1.96 bits per heavy atom. The van der Waals surface area contributed by atoms with E-state index in [1.807, 2.05) is 0 Å². The highest BCUT2D eigenvalue weighted by atomic mass is 79.9. The molecule has 2 fully saturated rings. The minimum atomic E-state index is -0.852. The second-order valence-electron chi connectivity index (χ2n) is 6.58. The van der Waals surface area contributed by atoms with Crippen molar-refractivity contribution in [3.8, 4) is 0 Å². The zero-order valence-corrected chi connectivity index (χ0v) is 14.5. The molecule has 8 heteroatoms. The number of benzene rings is 1. The number of nitrogens with zero attached hydrogens (tertiary/aromatic N) is 4. The van der Waals surface area contributed by atoms with Crippen molar-refractivity contribution in [1.29, 1.82) is 0 Å². The molecule has 3 heterocycles. The van der Waals surface area contributed by atoms with Crippen LogP contribution in [0.25, 0.3) is 10.9 Å². The van der Waals surface area contributed by atoms with Crippen molar-refractivity contribution < 1.29 is 14.3 Å². The zero-order valence-electron chi connectivity index (χ0n) is 12.9. The van der Waals surface area contributed by atoms with Crippen LogP contribution in [0.1, 0.15) is 12.8 Å². The van der Waals surface area contributed by atoms with Gasteiger partial charge in [0.15, 0.2) is 0 Å². The molecule has 2 saturated heterocycles. The molecule has 0 saturated carbocycles. The molecule has 24 heavy (non-hydrogen) atoms. The lowest BCUT2D eigenvalue weighted by Gasteiger charge is -2.54. The fourth-order valence-electron chi connectivity index (χ4n) is 3.71. The van der Waals surface area contributed by atoms with Crippen LogP contribution >= 0.6 is 15.9 Å². The summed E-state index contributed by atoms with van der Waals surface area (Å²) in [7, 11) is 0. The lowest BCUT2D eigenvalue weighted by Crippen LogP contribution is -2.61. The Balaban J connectivity index is 1.57. The van der Waals surface area contributed by atoms with Gasteiger partial charge in [-0.15, -0.1) is 0 Å². The van der Waals surface area contributed by atoms with Gasteiger partial charge in [-0.2, -0.15) is 0 Å². The molecular formula is C16H16BrFN4O2. The predicted octanol–water partition coefficient (Wildman–Crippen LogP) is 3.11. The summed E-state index contributed by atoms with van der Waals surface area (Å²) in [6.07, 6.45) is 2.29. The van der Waals surface area contributed by atoms with E-state index in [0.29, 0.717) is 34.3 Å². The number of amides is 1. The van der Waals surface area contributed by atoms with Crippen LogP contribution in [0.15, 0.2) is 22.9 Å². The topological polar surface area (TPSA) is 69.6 Å². The average molecular weight is 395 g/mol. The molecule has 2 aliphatic heterocycles. The van der Waals surface area contributed by atoms with Crippen molar-refractivity contribution >= 4 is 38.7 Å². The largest absolute Gasteiger partial charge is 0.465 e. The Morgan fingerprint density at radius 3 is 2.62 bits per heavy atom. The number of fused-ring (bicyclic) bond motifs is 1. The second-order valence-corrected chi connectivity index (χ2v) is 7.43. The molecule has 6 nitrogen and oxygen atoms in total. The van der Waals surface area contributed by atoms with Crippen LogP contribution < -0.4 is 4.90 Å². The van der Waals surface area contributed by atoms with Gasteiger partial charge in [0, 0.05) is 31.6 Å². The third-order valence-electron chi connectivity index (χ3n) is 5.12. The monoisotopic (exact) mass is 394 g/mol. The van der Waals surface area contributed by atoms with Gasteiger partial charge in [-0.05, 0) is 40.9 Å². The van der Waals surface area contributed by atoms with E-state index in [2.05, 4.69) is 30.8 Å². The highest BCUT2D eigenvalue weighted by molar-refractivity contribution is 9.10. The first kappa shape index (κ1) is 15.6. The molecular weight excluding hydrogens is 379 g/mol. The van der Waals surface area contributed by atoms with Gasteiger partial charge in [-0.3, -0.25) is 0 Å². The Morgan fingerprint density at radius 1 is 1.25 bits per heavy atom. The number of piperidine rings is 1. The minimum Gasteiger partial charge on any atom is -0.465 e. The van der Waals surface area contributed by atoms with Gasteiger partial charge in [0.2, 0.25) is 0 Å². The molecule has 1 aromatic heterocycles. The molecule has 126 valence electrons. The maximum Gasteiger partial charge on any atom is 0.407 e. The number of anilines is 1. The zero-order chi connectivity index (χ0) is 16.9. The van der Waals surface area contributed by atoms with Crippen LogP contribution in [0, 0.1) is 11.2 Å². The van der Waals surface area contributed by atoms with E-state index in [0.717, 1.165) is 25.9 Å². The molecule has 1 N–H and O–H groups in total. The molecule has 0 atom stereocenters. The van der Waals surface area contributed by atoms with Gasteiger partial charge in [0.25, 0.3) is 0 Å². The van der Waals surface area contributed by atoms with Crippen molar-refractivity contribution in [2.75, 3.05) is 31.1 Å². The van der Waals surface area contributed by atoms with E-state index in [-0.39, 0.29) is 11.2 Å². The highest BCUT2D eigenvalue weighted by Gasteiger charge is 2.46. The summed E-state index contributed by atoms with van der Waals surface area (Å²) >= 11 is 3.22. The average Bonchev–Trinajstić information content (AvgIpc) is 2.55. The van der Waals surface area contributed by atoms with Gasteiger partial charge >= 0.3 is 6.09 Å². The van der Waals surface area contributed by atoms with Crippen molar-refractivity contribution in [1.82, 2.24) is 14.9 Å². The smallest absolute Gasteiger partial charge is 0.407 e. The number of carbonyl (C=O) groups is 1. The fourth-order valence-corrected chi connectivity index (χ4v) is 4.04. The van der Waals surface area contributed by atoms with Crippen molar-refractivity contribution in [2.45, 2.75) is 12.8 Å². The van der Waals surface area contributed by atoms with Gasteiger partial charge in [0.1, 0.15) is 18.0 Å². The SMILES string of the molecule is O=C(O)N1CCC2(CC1)CN(c1ncnc3ccc(Br)c(F)c13)C2. The normalized spacial score (nSPS) is 19.6. The maximum atomic E-state index is 14.5. The van der Waals surface area contributed by atoms with E-state index >= 15 is 0 Å². The van der Waals surface area contributed by atoms with Gasteiger partial charge in [-0.1, -0.05) is 0 Å². The number of carboxylic acid groups (broad SMARTS) is 1. The molecule has 0 bridgehead atoms. The summed E-state index contributed by atoms with van der Waals surface area (Å²) in [6, 6.07) is 3.42. The fraction of sp³-hybridized carbons (Fsp3) is 0.438. The Hall–Kier alpha value is -1.96. The first-order valence-electron chi connectivity index (χ1n) is 7.81. The van der Waals surface area contributed by atoms with E-state index in [1.165, 1.54) is 11.2 Å². The molecule has 0 radical (unpaired) electrons. The standard InChI is InChI=1S/C16H16BrFN4O2/c17-10-1-2-11-12(13(10)18)14(20-9-19-11)22-7-16(8-22)3-5-21(6-4-16)15(23)24/h1-2,9H,3-8H2,(H,23,24). The number of hydrogen-bond donors (Lipinski definition) is 1. The molecule has 2 aliphatic rings. The summed E-state index contributed by atoms with van der Waals surface area (Å²) in [5.74, 6) is 0.273. The number of likely N-dealkylation sites (tertiary alicyclic amines) is 1. The molecule has 1 spiro atoms. The van der Waals surface area contributed by atoms with Crippen LogP contribution in [0.2, 0.25) is 0 Å². The Bertz CT molecular complexity index is 815. The molecule has 0 unspecified atom stereocenters. The lowest BCUT2D eigenvalue weighted by molar-refractivity contribution is 0.0708. The summed E-state index contributed by atoms with van der Waals surface area (Å²) in [5, 5.41) is 9.49. The number of halogens is 2. The van der Waals surface area contributed by atoms with Crippen LogP contribution in [0.3, 0.4) is 0 Å². The molecule has 1 amide bonds. The minimum absolute atomic E-state index is 0.117. The first-order chi connectivity index (χ1) is 11.5. The van der Waals surface area contributed by atoms with Crippen molar-refractivity contribution in [3.63, 3.8) is 0 Å². The first-order valence-corrected chi connectivity index (χ1v) is 8.60. The van der Waals surface area contributed by atoms with Crippen LogP contribution in [-0.4, -0.2) is 52.2 Å². The molecule has 4 rings (SSSR count). The van der Waals surface area contributed by atoms with E-state index in [9.17, 15) is 9.18 Å².